The normalized spacial score (nSPS) is 10.8. The number of pyridine rings is 1. The molecule has 0 aliphatic carbocycles. The Hall–Kier alpha value is -1.10. The molecular weight excluding hydrogens is 318 g/mol. The number of benzene rings is 1. The first-order valence-electron chi connectivity index (χ1n) is 5.02. The molecule has 100 valence electrons. The lowest BCUT2D eigenvalue weighted by Gasteiger charge is -2.13. The number of ether oxygens (including phenoxy) is 1. The van der Waals surface area contributed by atoms with E-state index in [-0.39, 0.29) is 21.4 Å². The van der Waals surface area contributed by atoms with Crippen molar-refractivity contribution >= 4 is 34.8 Å². The second-order valence-electron chi connectivity index (χ2n) is 3.50. The highest BCUT2D eigenvalue weighted by Crippen LogP contribution is 2.39. The van der Waals surface area contributed by atoms with E-state index < -0.39 is 6.61 Å². The molecule has 0 N–H and O–H groups in total. The van der Waals surface area contributed by atoms with Crippen LogP contribution in [0.3, 0.4) is 0 Å². The Morgan fingerprint density at radius 3 is 2.37 bits per heavy atom. The number of aromatic nitrogens is 1. The van der Waals surface area contributed by atoms with Gasteiger partial charge in [0.1, 0.15) is 5.02 Å². The number of halogens is 5. The molecule has 0 fully saturated rings. The highest BCUT2D eigenvalue weighted by Gasteiger charge is 2.17. The molecule has 2 rings (SSSR count). The van der Waals surface area contributed by atoms with Crippen molar-refractivity contribution in [2.75, 3.05) is 0 Å². The highest BCUT2D eigenvalue weighted by atomic mass is 35.5. The Bertz CT molecular complexity index is 608. The Labute approximate surface area is 122 Å². The number of nitrogens with zero attached hydrogens (tertiary/aromatic N) is 1. The van der Waals surface area contributed by atoms with Gasteiger partial charge in [0, 0.05) is 28.5 Å². The highest BCUT2D eigenvalue weighted by molar-refractivity contribution is 6.37. The van der Waals surface area contributed by atoms with E-state index in [0.29, 0.717) is 10.6 Å². The fourth-order valence-corrected chi connectivity index (χ4v) is 2.24. The van der Waals surface area contributed by atoms with Crippen molar-refractivity contribution in [3.8, 4) is 16.9 Å². The molecular formula is C12H6Cl3F2NO. The van der Waals surface area contributed by atoms with Crippen LogP contribution < -0.4 is 4.74 Å². The van der Waals surface area contributed by atoms with Gasteiger partial charge in [0.15, 0.2) is 5.75 Å². The molecule has 0 spiro atoms. The molecule has 1 aromatic heterocycles. The van der Waals surface area contributed by atoms with Crippen molar-refractivity contribution in [2.45, 2.75) is 6.61 Å². The fraction of sp³-hybridized carbons (Fsp3) is 0.0833. The van der Waals surface area contributed by atoms with Crippen molar-refractivity contribution in [3.63, 3.8) is 0 Å². The van der Waals surface area contributed by atoms with E-state index in [1.165, 1.54) is 18.5 Å². The van der Waals surface area contributed by atoms with Gasteiger partial charge in [0.05, 0.1) is 5.02 Å². The van der Waals surface area contributed by atoms with Gasteiger partial charge in [-0.1, -0.05) is 40.9 Å². The van der Waals surface area contributed by atoms with E-state index >= 15 is 0 Å². The van der Waals surface area contributed by atoms with E-state index in [1.54, 1.807) is 12.1 Å². The summed E-state index contributed by atoms with van der Waals surface area (Å²) in [5.41, 5.74) is 0.728. The quantitative estimate of drug-likeness (QED) is 0.763. The maximum atomic E-state index is 12.4. The van der Waals surface area contributed by atoms with Gasteiger partial charge in [-0.2, -0.15) is 8.78 Å². The molecule has 2 nitrogen and oxygen atoms in total. The van der Waals surface area contributed by atoms with Crippen LogP contribution in [-0.2, 0) is 0 Å². The summed E-state index contributed by atoms with van der Waals surface area (Å²) in [4.78, 5) is 3.84. The molecule has 2 aromatic rings. The van der Waals surface area contributed by atoms with Gasteiger partial charge < -0.3 is 4.74 Å². The average molecular weight is 325 g/mol. The Balaban J connectivity index is 2.58. The maximum Gasteiger partial charge on any atom is 0.387 e. The van der Waals surface area contributed by atoms with E-state index in [2.05, 4.69) is 9.72 Å². The minimum absolute atomic E-state index is 0.0242. The number of hydrogen-bond acceptors (Lipinski definition) is 2. The van der Waals surface area contributed by atoms with Gasteiger partial charge in [-0.3, -0.25) is 4.98 Å². The summed E-state index contributed by atoms with van der Waals surface area (Å²) in [7, 11) is 0. The third kappa shape index (κ3) is 3.26. The van der Waals surface area contributed by atoms with Crippen LogP contribution in [0.15, 0.2) is 30.6 Å². The molecule has 1 heterocycles. The van der Waals surface area contributed by atoms with Crippen LogP contribution in [0.5, 0.6) is 5.75 Å². The number of alkyl halides is 2. The van der Waals surface area contributed by atoms with Gasteiger partial charge in [0.25, 0.3) is 0 Å². The van der Waals surface area contributed by atoms with Crippen LogP contribution in [0.25, 0.3) is 11.1 Å². The van der Waals surface area contributed by atoms with Crippen LogP contribution in [0.2, 0.25) is 15.1 Å². The van der Waals surface area contributed by atoms with Gasteiger partial charge in [0.2, 0.25) is 0 Å². The van der Waals surface area contributed by atoms with Gasteiger partial charge in [-0.15, -0.1) is 0 Å². The Morgan fingerprint density at radius 2 is 1.74 bits per heavy atom. The largest absolute Gasteiger partial charge is 0.432 e. The molecule has 0 amide bonds. The van der Waals surface area contributed by atoms with Crippen molar-refractivity contribution in [1.29, 1.82) is 0 Å². The molecule has 0 saturated carbocycles. The molecule has 0 aliphatic rings. The first-order valence-corrected chi connectivity index (χ1v) is 6.16. The summed E-state index contributed by atoms with van der Waals surface area (Å²) in [6, 6.07) is 4.65. The first-order chi connectivity index (χ1) is 8.99. The second-order valence-corrected chi connectivity index (χ2v) is 4.75. The molecule has 0 bridgehead atoms. The average Bonchev–Trinajstić information content (AvgIpc) is 2.32. The van der Waals surface area contributed by atoms with Crippen LogP contribution >= 0.6 is 34.8 Å². The summed E-state index contributed by atoms with van der Waals surface area (Å²) >= 11 is 17.6. The molecule has 0 unspecified atom stereocenters. The van der Waals surface area contributed by atoms with Crippen LogP contribution in [0.4, 0.5) is 8.78 Å². The molecule has 0 atom stereocenters. The predicted octanol–water partition coefficient (Wildman–Crippen LogP) is 5.31. The molecule has 1 aromatic carbocycles. The second kappa shape index (κ2) is 5.90. The lowest BCUT2D eigenvalue weighted by molar-refractivity contribution is -0.0494. The summed E-state index contributed by atoms with van der Waals surface area (Å²) in [6.45, 7) is -3.00. The summed E-state index contributed by atoms with van der Waals surface area (Å²) in [5, 5.41) is 0.694. The smallest absolute Gasteiger partial charge is 0.387 e. The Morgan fingerprint density at radius 1 is 1.00 bits per heavy atom. The molecule has 19 heavy (non-hydrogen) atoms. The fourth-order valence-electron chi connectivity index (χ4n) is 1.53. The molecule has 0 saturated heterocycles. The van der Waals surface area contributed by atoms with E-state index in [9.17, 15) is 8.78 Å². The van der Waals surface area contributed by atoms with Gasteiger partial charge in [-0.25, -0.2) is 0 Å². The summed E-state index contributed by atoms with van der Waals surface area (Å²) < 4.78 is 29.2. The van der Waals surface area contributed by atoms with E-state index in [0.717, 1.165) is 0 Å². The van der Waals surface area contributed by atoms with Crippen molar-refractivity contribution in [2.24, 2.45) is 0 Å². The summed E-state index contributed by atoms with van der Waals surface area (Å²) in [6.07, 6.45) is 2.56. The zero-order chi connectivity index (χ0) is 14.0. The van der Waals surface area contributed by atoms with Crippen molar-refractivity contribution < 1.29 is 13.5 Å². The lowest BCUT2D eigenvalue weighted by Crippen LogP contribution is -2.04. The van der Waals surface area contributed by atoms with Crippen LogP contribution in [-0.4, -0.2) is 11.6 Å². The number of rotatable bonds is 3. The minimum Gasteiger partial charge on any atom is -0.432 e. The minimum atomic E-state index is -3.00. The third-order valence-corrected chi connectivity index (χ3v) is 3.10. The molecule has 0 aliphatic heterocycles. The SMILES string of the molecule is FC(F)Oc1c(Cl)cncc1-c1ccc(Cl)cc1Cl. The lowest BCUT2D eigenvalue weighted by atomic mass is 10.1. The van der Waals surface area contributed by atoms with Crippen molar-refractivity contribution in [3.05, 3.63) is 45.7 Å². The van der Waals surface area contributed by atoms with E-state index in [4.69, 9.17) is 34.8 Å². The molecule has 0 radical (unpaired) electrons. The Kier molecular flexibility index (Phi) is 4.45. The van der Waals surface area contributed by atoms with Crippen LogP contribution in [0, 0.1) is 0 Å². The zero-order valence-corrected chi connectivity index (χ0v) is 11.5. The predicted molar refractivity (Wildman–Crippen MR) is 71.3 cm³/mol. The topological polar surface area (TPSA) is 22.1 Å². The standard InChI is InChI=1S/C12H6Cl3F2NO/c13-6-1-2-7(9(14)3-6)8-4-18-5-10(15)11(8)19-12(16)17/h1-5,12H. The van der Waals surface area contributed by atoms with Gasteiger partial charge >= 0.3 is 6.61 Å². The van der Waals surface area contributed by atoms with E-state index in [1.807, 2.05) is 0 Å². The maximum absolute atomic E-state index is 12.4. The molecule has 7 heteroatoms. The van der Waals surface area contributed by atoms with Gasteiger partial charge in [-0.05, 0) is 12.1 Å². The third-order valence-electron chi connectivity index (χ3n) is 2.28. The first kappa shape index (κ1) is 14.3. The van der Waals surface area contributed by atoms with Crippen LogP contribution in [0.1, 0.15) is 0 Å². The summed E-state index contributed by atoms with van der Waals surface area (Å²) in [5.74, 6) is -0.170. The zero-order valence-electron chi connectivity index (χ0n) is 9.21. The van der Waals surface area contributed by atoms with Crippen molar-refractivity contribution in [1.82, 2.24) is 4.98 Å². The monoisotopic (exact) mass is 323 g/mol. The number of hydrogen-bond donors (Lipinski definition) is 0.